The number of ether oxygens (including phenoxy) is 1. The van der Waals surface area contributed by atoms with Gasteiger partial charge in [0.15, 0.2) is 0 Å². The molecule has 0 saturated heterocycles. The van der Waals surface area contributed by atoms with Crippen molar-refractivity contribution in [2.24, 2.45) is 34.8 Å². The van der Waals surface area contributed by atoms with E-state index in [-0.39, 0.29) is 41.5 Å². The zero-order valence-electron chi connectivity index (χ0n) is 22.9. The van der Waals surface area contributed by atoms with Crippen molar-refractivity contribution in [1.29, 1.82) is 0 Å². The Kier molecular flexibility index (Phi) is 7.58. The molecule has 5 rings (SSSR count). The Hall–Kier alpha value is -3.37. The molecule has 4 bridgehead atoms. The van der Waals surface area contributed by atoms with Crippen LogP contribution in [0, 0.1) is 29.1 Å². The molecule has 4 aliphatic rings. The normalized spacial score (nSPS) is 27.9. The molecule has 5 N–H and O–H groups in total. The number of rotatable bonds is 9. The number of nitrogens with zero attached hydrogens (tertiary/aromatic N) is 2. The van der Waals surface area contributed by atoms with E-state index in [2.05, 4.69) is 21.0 Å². The number of primary amides is 1. The zero-order valence-corrected chi connectivity index (χ0v) is 22.9. The average Bonchev–Trinajstić information content (AvgIpc) is 3.20. The Morgan fingerprint density at radius 1 is 1.21 bits per heavy atom. The van der Waals surface area contributed by atoms with Crippen molar-refractivity contribution in [3.63, 3.8) is 0 Å². The van der Waals surface area contributed by atoms with Crippen LogP contribution in [-0.4, -0.2) is 51.7 Å². The topological polar surface area (TPSA) is 157 Å². The van der Waals surface area contributed by atoms with Crippen molar-refractivity contribution in [2.75, 3.05) is 6.61 Å². The fourth-order valence-electron chi connectivity index (χ4n) is 6.77. The predicted octanol–water partition coefficient (Wildman–Crippen LogP) is 2.42. The van der Waals surface area contributed by atoms with Gasteiger partial charge in [-0.1, -0.05) is 13.8 Å². The van der Waals surface area contributed by atoms with Gasteiger partial charge in [-0.2, -0.15) is 5.10 Å². The minimum Gasteiger partial charge on any atom is -0.477 e. The Morgan fingerprint density at radius 3 is 2.45 bits per heavy atom. The van der Waals surface area contributed by atoms with Crippen LogP contribution in [0.3, 0.4) is 0 Å². The molecule has 0 radical (unpaired) electrons. The number of hydrogen-bond acceptors (Lipinski definition) is 6. The van der Waals surface area contributed by atoms with E-state index in [0.717, 1.165) is 19.3 Å². The van der Waals surface area contributed by atoms with Crippen LogP contribution in [-0.2, 0) is 9.59 Å². The first-order valence-corrected chi connectivity index (χ1v) is 13.4. The van der Waals surface area contributed by atoms with E-state index in [1.165, 1.54) is 17.8 Å². The second kappa shape index (κ2) is 10.4. The summed E-state index contributed by atoms with van der Waals surface area (Å²) in [6.07, 6.45) is 8.89. The number of nitrogens with one attached hydrogen (secondary N) is 3. The van der Waals surface area contributed by atoms with Crippen LogP contribution in [0.1, 0.15) is 77.1 Å². The summed E-state index contributed by atoms with van der Waals surface area (Å²) in [6.45, 7) is 9.63. The third-order valence-electron chi connectivity index (χ3n) is 7.97. The molecule has 5 amide bonds. The lowest BCUT2D eigenvalue weighted by molar-refractivity contribution is -0.147. The number of imide groups is 1. The van der Waals surface area contributed by atoms with Gasteiger partial charge in [0.2, 0.25) is 17.7 Å². The minimum absolute atomic E-state index is 0.0657. The summed E-state index contributed by atoms with van der Waals surface area (Å²) in [5.74, 6) is 0.583. The van der Waals surface area contributed by atoms with Gasteiger partial charge in [-0.15, -0.1) is 0 Å². The summed E-state index contributed by atoms with van der Waals surface area (Å²) < 4.78 is 7.55. The number of amides is 5. The number of aromatic nitrogens is 2. The van der Waals surface area contributed by atoms with E-state index in [1.807, 2.05) is 27.7 Å². The first-order valence-electron chi connectivity index (χ1n) is 13.4. The average molecular weight is 529 g/mol. The van der Waals surface area contributed by atoms with Crippen molar-refractivity contribution in [3.05, 3.63) is 17.8 Å². The third kappa shape index (κ3) is 5.86. The Bertz CT molecular complexity index is 1120. The molecule has 11 nitrogen and oxygen atoms in total. The number of urea groups is 1. The summed E-state index contributed by atoms with van der Waals surface area (Å²) in [5, 5.41) is 12.8. The SMILES string of the molecule is CC(=O)NC(C)(C)C=Cn1ncc(C(=O)NC2C3CC4CC2CC(C(=O)NC(N)=O)(C4)C3)c1OCC(C)C. The quantitative estimate of drug-likeness (QED) is 0.385. The Labute approximate surface area is 223 Å². The van der Waals surface area contributed by atoms with Crippen LogP contribution in [0.25, 0.3) is 6.20 Å². The van der Waals surface area contributed by atoms with Crippen LogP contribution in [0.2, 0.25) is 0 Å². The molecule has 4 saturated carbocycles. The number of carbonyl (C=O) groups is 4. The molecule has 38 heavy (non-hydrogen) atoms. The van der Waals surface area contributed by atoms with E-state index in [9.17, 15) is 19.2 Å². The largest absolute Gasteiger partial charge is 0.477 e. The fraction of sp³-hybridized carbons (Fsp3) is 0.667. The second-order valence-corrected chi connectivity index (χ2v) is 12.3. The van der Waals surface area contributed by atoms with Crippen molar-refractivity contribution in [1.82, 2.24) is 25.7 Å². The Balaban J connectivity index is 1.52. The predicted molar refractivity (Wildman–Crippen MR) is 141 cm³/mol. The first-order chi connectivity index (χ1) is 17.8. The molecule has 11 heteroatoms. The summed E-state index contributed by atoms with van der Waals surface area (Å²) in [6, 6.07) is -0.889. The highest BCUT2D eigenvalue weighted by atomic mass is 16.5. The van der Waals surface area contributed by atoms with Crippen LogP contribution in [0.4, 0.5) is 4.79 Å². The van der Waals surface area contributed by atoms with E-state index in [0.29, 0.717) is 36.8 Å². The van der Waals surface area contributed by atoms with Gasteiger partial charge in [0.1, 0.15) is 5.56 Å². The van der Waals surface area contributed by atoms with Crippen molar-refractivity contribution in [2.45, 2.75) is 78.3 Å². The van der Waals surface area contributed by atoms with Gasteiger partial charge in [0, 0.05) is 19.2 Å². The van der Waals surface area contributed by atoms with Gasteiger partial charge in [-0.3, -0.25) is 19.7 Å². The van der Waals surface area contributed by atoms with Gasteiger partial charge in [-0.05, 0) is 75.7 Å². The lowest BCUT2D eigenvalue weighted by atomic mass is 9.47. The van der Waals surface area contributed by atoms with Gasteiger partial charge in [-0.25, -0.2) is 9.48 Å². The Morgan fingerprint density at radius 2 is 1.87 bits per heavy atom. The molecule has 1 aromatic rings. The van der Waals surface area contributed by atoms with Crippen molar-refractivity contribution in [3.8, 4) is 5.88 Å². The summed E-state index contributed by atoms with van der Waals surface area (Å²) in [7, 11) is 0. The van der Waals surface area contributed by atoms with Crippen LogP contribution in [0.15, 0.2) is 12.3 Å². The number of hydrogen-bond donors (Lipinski definition) is 4. The number of nitrogens with two attached hydrogens (primary N) is 1. The molecule has 2 unspecified atom stereocenters. The highest BCUT2D eigenvalue weighted by Crippen LogP contribution is 2.60. The zero-order chi connectivity index (χ0) is 27.8. The summed E-state index contributed by atoms with van der Waals surface area (Å²) >= 11 is 0. The van der Waals surface area contributed by atoms with E-state index >= 15 is 0 Å². The van der Waals surface area contributed by atoms with Crippen molar-refractivity contribution < 1.29 is 23.9 Å². The molecule has 1 aromatic heterocycles. The maximum Gasteiger partial charge on any atom is 0.318 e. The molecule has 4 fully saturated rings. The molecular weight excluding hydrogens is 488 g/mol. The van der Waals surface area contributed by atoms with Gasteiger partial charge in [0.25, 0.3) is 5.91 Å². The van der Waals surface area contributed by atoms with Gasteiger partial charge < -0.3 is 21.1 Å². The number of carbonyl (C=O) groups excluding carboxylic acids is 4. The highest BCUT2D eigenvalue weighted by molar-refractivity contribution is 5.98. The summed E-state index contributed by atoms with van der Waals surface area (Å²) in [4.78, 5) is 49.3. The molecule has 0 aromatic carbocycles. The molecule has 2 atom stereocenters. The highest BCUT2D eigenvalue weighted by Gasteiger charge is 2.58. The monoisotopic (exact) mass is 528 g/mol. The molecule has 208 valence electrons. The minimum atomic E-state index is -0.823. The smallest absolute Gasteiger partial charge is 0.318 e. The molecular formula is C27H40N6O5. The van der Waals surface area contributed by atoms with Crippen LogP contribution < -0.4 is 26.4 Å². The molecule has 0 aliphatic heterocycles. The first kappa shape index (κ1) is 27.7. The summed E-state index contributed by atoms with van der Waals surface area (Å²) in [5.41, 5.74) is 4.35. The van der Waals surface area contributed by atoms with Gasteiger partial charge >= 0.3 is 6.03 Å². The molecule has 1 heterocycles. The maximum absolute atomic E-state index is 13.6. The van der Waals surface area contributed by atoms with Gasteiger partial charge in [0.05, 0.1) is 23.8 Å². The maximum atomic E-state index is 13.6. The standard InChI is InChI=1S/C27H40N6O5/c1-15(2)14-38-23-20(13-29-33(23)7-6-26(4,5)32-16(3)34)22(35)30-21-18-8-17-9-19(21)12-27(10-17,11-18)24(36)31-25(28)37/h6-7,13,15,17-19,21H,8-12,14H2,1-5H3,(H,30,35)(H,32,34)(H3,28,31,36,37). The van der Waals surface area contributed by atoms with Crippen LogP contribution >= 0.6 is 0 Å². The molecule has 4 aliphatic carbocycles. The molecule has 0 spiro atoms. The van der Waals surface area contributed by atoms with E-state index < -0.39 is 17.0 Å². The van der Waals surface area contributed by atoms with Crippen molar-refractivity contribution >= 4 is 30.0 Å². The van der Waals surface area contributed by atoms with Crippen LogP contribution in [0.5, 0.6) is 5.88 Å². The van der Waals surface area contributed by atoms with E-state index in [4.69, 9.17) is 10.5 Å². The second-order valence-electron chi connectivity index (χ2n) is 12.3. The van der Waals surface area contributed by atoms with E-state index in [1.54, 1.807) is 12.3 Å². The lowest BCUT2D eigenvalue weighted by Gasteiger charge is -2.59. The lowest BCUT2D eigenvalue weighted by Crippen LogP contribution is -2.63. The third-order valence-corrected chi connectivity index (χ3v) is 7.97. The fourth-order valence-corrected chi connectivity index (χ4v) is 6.77.